The van der Waals surface area contributed by atoms with E-state index in [1.54, 1.807) is 0 Å². The van der Waals surface area contributed by atoms with Crippen molar-refractivity contribution in [2.24, 2.45) is 5.92 Å². The monoisotopic (exact) mass is 192 g/mol. The van der Waals surface area contributed by atoms with Crippen molar-refractivity contribution in [3.05, 3.63) is 29.3 Å². The minimum atomic E-state index is -0.780. The Labute approximate surface area is 82.3 Å². The number of carboxylic acid groups (broad SMARTS) is 1. The predicted octanol–water partition coefficient (Wildman–Crippen LogP) is 1.63. The zero-order chi connectivity index (χ0) is 10.1. The van der Waals surface area contributed by atoms with E-state index >= 15 is 0 Å². The van der Waals surface area contributed by atoms with Gasteiger partial charge in [0.05, 0.1) is 5.92 Å². The molecule has 0 saturated carbocycles. The zero-order valence-electron chi connectivity index (χ0n) is 7.99. The standard InChI is InChI=1S/C11H12O3/c1-7-2-3-10-8(4-7)5-9(6-14-10)11(12)13/h2-4,9H,5-6H2,1H3,(H,12,13). The topological polar surface area (TPSA) is 46.5 Å². The highest BCUT2D eigenvalue weighted by Crippen LogP contribution is 2.27. The Morgan fingerprint density at radius 3 is 3.07 bits per heavy atom. The van der Waals surface area contributed by atoms with Crippen molar-refractivity contribution in [1.29, 1.82) is 0 Å². The highest BCUT2D eigenvalue weighted by Gasteiger charge is 2.25. The Balaban J connectivity index is 2.29. The average Bonchev–Trinajstić information content (AvgIpc) is 2.16. The Morgan fingerprint density at radius 2 is 2.36 bits per heavy atom. The Bertz CT molecular complexity index is 371. The van der Waals surface area contributed by atoms with E-state index in [0.717, 1.165) is 16.9 Å². The third-order valence-electron chi connectivity index (χ3n) is 2.47. The number of rotatable bonds is 1. The lowest BCUT2D eigenvalue weighted by Gasteiger charge is -2.22. The number of hydrogen-bond acceptors (Lipinski definition) is 2. The molecule has 14 heavy (non-hydrogen) atoms. The minimum Gasteiger partial charge on any atom is -0.492 e. The van der Waals surface area contributed by atoms with Gasteiger partial charge in [0.25, 0.3) is 0 Å². The minimum absolute atomic E-state index is 0.283. The van der Waals surface area contributed by atoms with Gasteiger partial charge in [0.2, 0.25) is 0 Å². The summed E-state index contributed by atoms with van der Waals surface area (Å²) in [7, 11) is 0. The molecule has 0 aliphatic carbocycles. The molecule has 1 unspecified atom stereocenters. The molecule has 0 bridgehead atoms. The van der Waals surface area contributed by atoms with E-state index in [1.807, 2.05) is 25.1 Å². The Morgan fingerprint density at radius 1 is 1.57 bits per heavy atom. The highest BCUT2D eigenvalue weighted by molar-refractivity contribution is 5.71. The second kappa shape index (κ2) is 3.33. The lowest BCUT2D eigenvalue weighted by Crippen LogP contribution is -2.27. The van der Waals surface area contributed by atoms with Crippen LogP contribution in [-0.4, -0.2) is 17.7 Å². The first-order valence-corrected chi connectivity index (χ1v) is 4.62. The van der Waals surface area contributed by atoms with Crippen molar-refractivity contribution in [3.63, 3.8) is 0 Å². The van der Waals surface area contributed by atoms with Gasteiger partial charge in [0.15, 0.2) is 0 Å². The molecule has 1 N–H and O–H groups in total. The molecule has 1 aromatic rings. The van der Waals surface area contributed by atoms with Crippen molar-refractivity contribution in [1.82, 2.24) is 0 Å². The first kappa shape index (κ1) is 9.06. The van der Waals surface area contributed by atoms with Crippen LogP contribution >= 0.6 is 0 Å². The van der Waals surface area contributed by atoms with Gasteiger partial charge in [-0.2, -0.15) is 0 Å². The maximum Gasteiger partial charge on any atom is 0.310 e. The van der Waals surface area contributed by atoms with E-state index in [1.165, 1.54) is 0 Å². The number of fused-ring (bicyclic) bond motifs is 1. The van der Waals surface area contributed by atoms with Gasteiger partial charge in [-0.1, -0.05) is 17.7 Å². The molecule has 0 radical (unpaired) electrons. The molecule has 2 rings (SSSR count). The van der Waals surface area contributed by atoms with Gasteiger partial charge in [-0.05, 0) is 25.0 Å². The number of ether oxygens (including phenoxy) is 1. The number of hydrogen-bond donors (Lipinski definition) is 1. The van der Waals surface area contributed by atoms with Crippen LogP contribution in [0.3, 0.4) is 0 Å². The first-order valence-electron chi connectivity index (χ1n) is 4.62. The largest absolute Gasteiger partial charge is 0.492 e. The summed E-state index contributed by atoms with van der Waals surface area (Å²) in [4.78, 5) is 10.8. The smallest absolute Gasteiger partial charge is 0.310 e. The molecule has 0 amide bonds. The molecule has 3 heteroatoms. The van der Waals surface area contributed by atoms with Gasteiger partial charge >= 0.3 is 5.97 Å². The van der Waals surface area contributed by atoms with Crippen LogP contribution in [0.2, 0.25) is 0 Å². The van der Waals surface area contributed by atoms with Crippen molar-refractivity contribution in [2.45, 2.75) is 13.3 Å². The van der Waals surface area contributed by atoms with Gasteiger partial charge in [-0.25, -0.2) is 0 Å². The summed E-state index contributed by atoms with van der Waals surface area (Å²) in [6.07, 6.45) is 0.576. The molecule has 3 nitrogen and oxygen atoms in total. The van der Waals surface area contributed by atoms with Crippen molar-refractivity contribution in [2.75, 3.05) is 6.61 Å². The maximum absolute atomic E-state index is 10.8. The fraction of sp³-hybridized carbons (Fsp3) is 0.364. The molecule has 0 saturated heterocycles. The van der Waals surface area contributed by atoms with Gasteiger partial charge < -0.3 is 9.84 Å². The van der Waals surface area contributed by atoms with Crippen molar-refractivity contribution >= 4 is 5.97 Å². The summed E-state index contributed by atoms with van der Waals surface area (Å²) in [5, 5.41) is 8.85. The second-order valence-electron chi connectivity index (χ2n) is 3.66. The van der Waals surface area contributed by atoms with Crippen LogP contribution in [0.1, 0.15) is 11.1 Å². The number of aryl methyl sites for hydroxylation is 1. The highest BCUT2D eigenvalue weighted by atomic mass is 16.5. The van der Waals surface area contributed by atoms with E-state index in [0.29, 0.717) is 6.42 Å². The molecule has 1 aromatic carbocycles. The average molecular weight is 192 g/mol. The van der Waals surface area contributed by atoms with E-state index in [9.17, 15) is 4.79 Å². The molecule has 1 aliphatic rings. The van der Waals surface area contributed by atoms with Gasteiger partial charge in [0.1, 0.15) is 12.4 Å². The molecule has 0 aromatic heterocycles. The molecular weight excluding hydrogens is 180 g/mol. The molecule has 0 spiro atoms. The van der Waals surface area contributed by atoms with Crippen LogP contribution < -0.4 is 4.74 Å². The third-order valence-corrected chi connectivity index (χ3v) is 2.47. The quantitative estimate of drug-likeness (QED) is 0.735. The number of carboxylic acids is 1. The number of benzene rings is 1. The normalized spacial score (nSPS) is 19.6. The van der Waals surface area contributed by atoms with E-state index in [2.05, 4.69) is 0 Å². The number of aliphatic carboxylic acids is 1. The van der Waals surface area contributed by atoms with Crippen LogP contribution in [0.5, 0.6) is 5.75 Å². The number of carbonyl (C=O) groups is 1. The lowest BCUT2D eigenvalue weighted by molar-refractivity contribution is -0.143. The zero-order valence-corrected chi connectivity index (χ0v) is 7.99. The third kappa shape index (κ3) is 1.58. The molecule has 1 atom stereocenters. The Hall–Kier alpha value is -1.51. The maximum atomic E-state index is 10.8. The van der Waals surface area contributed by atoms with Gasteiger partial charge in [0, 0.05) is 0 Å². The summed E-state index contributed by atoms with van der Waals surface area (Å²) >= 11 is 0. The summed E-state index contributed by atoms with van der Waals surface area (Å²) in [5.41, 5.74) is 2.14. The SMILES string of the molecule is Cc1ccc2c(c1)CC(C(=O)O)CO2. The lowest BCUT2D eigenvalue weighted by atomic mass is 9.96. The predicted molar refractivity (Wildman–Crippen MR) is 51.5 cm³/mol. The van der Waals surface area contributed by atoms with Gasteiger partial charge in [-0.15, -0.1) is 0 Å². The molecule has 1 heterocycles. The van der Waals surface area contributed by atoms with E-state index in [4.69, 9.17) is 9.84 Å². The Kier molecular flexibility index (Phi) is 2.15. The fourth-order valence-corrected chi connectivity index (χ4v) is 1.68. The van der Waals surface area contributed by atoms with E-state index < -0.39 is 11.9 Å². The van der Waals surface area contributed by atoms with E-state index in [-0.39, 0.29) is 6.61 Å². The summed E-state index contributed by atoms with van der Waals surface area (Å²) < 4.78 is 5.37. The molecular formula is C11H12O3. The van der Waals surface area contributed by atoms with Crippen LogP contribution in [0, 0.1) is 12.8 Å². The molecule has 74 valence electrons. The summed E-state index contributed by atoms with van der Waals surface area (Å²) in [5.74, 6) is -0.352. The van der Waals surface area contributed by atoms with Crippen LogP contribution in [-0.2, 0) is 11.2 Å². The van der Waals surface area contributed by atoms with Crippen molar-refractivity contribution in [3.8, 4) is 5.75 Å². The fourth-order valence-electron chi connectivity index (χ4n) is 1.68. The van der Waals surface area contributed by atoms with Crippen LogP contribution in [0.4, 0.5) is 0 Å². The van der Waals surface area contributed by atoms with Crippen molar-refractivity contribution < 1.29 is 14.6 Å². The first-order chi connectivity index (χ1) is 6.66. The van der Waals surface area contributed by atoms with Gasteiger partial charge in [-0.3, -0.25) is 4.79 Å². The molecule has 1 aliphatic heterocycles. The van der Waals surface area contributed by atoms with Crippen LogP contribution in [0.15, 0.2) is 18.2 Å². The summed E-state index contributed by atoms with van der Waals surface area (Å²) in [6, 6.07) is 5.87. The van der Waals surface area contributed by atoms with Crippen LogP contribution in [0.25, 0.3) is 0 Å². The second-order valence-corrected chi connectivity index (χ2v) is 3.66. The molecule has 0 fully saturated rings. The summed E-state index contributed by atoms with van der Waals surface area (Å²) in [6.45, 7) is 2.27.